The van der Waals surface area contributed by atoms with Crippen molar-refractivity contribution in [3.63, 3.8) is 0 Å². The van der Waals surface area contributed by atoms with E-state index in [0.717, 1.165) is 12.1 Å². The van der Waals surface area contributed by atoms with Crippen LogP contribution in [-0.2, 0) is 7.05 Å². The number of aromatic hydroxyl groups is 1. The zero-order valence-electron chi connectivity index (χ0n) is 12.0. The number of nitrogens with zero attached hydrogens (tertiary/aromatic N) is 5. The lowest BCUT2D eigenvalue weighted by Gasteiger charge is -2.07. The second-order valence-electron chi connectivity index (χ2n) is 4.59. The van der Waals surface area contributed by atoms with Crippen LogP contribution in [0.2, 0.25) is 0 Å². The van der Waals surface area contributed by atoms with Crippen LogP contribution in [0.5, 0.6) is 5.95 Å². The highest BCUT2D eigenvalue weighted by Gasteiger charge is 2.16. The summed E-state index contributed by atoms with van der Waals surface area (Å²) in [6.07, 6.45) is 1.05. The third-order valence-electron chi connectivity index (χ3n) is 3.30. The Hall–Kier alpha value is -3.16. The maximum Gasteiger partial charge on any atom is 0.332 e. The van der Waals surface area contributed by atoms with Crippen LogP contribution in [0.15, 0.2) is 56.2 Å². The molecule has 8 nitrogen and oxygen atoms in total. The summed E-state index contributed by atoms with van der Waals surface area (Å²) < 4.78 is 7.80. The molecule has 0 atom stereocenters. The lowest BCUT2D eigenvalue weighted by molar-refractivity contribution is 0.333. The van der Waals surface area contributed by atoms with E-state index in [9.17, 15) is 9.90 Å². The number of para-hydroxylation sites is 1. The minimum atomic E-state index is -0.444. The predicted octanol–water partition coefficient (Wildman–Crippen LogP) is 2.59. The average molecular weight is 299 g/mol. The monoisotopic (exact) mass is 299 g/mol. The summed E-state index contributed by atoms with van der Waals surface area (Å²) in [5, 5.41) is 17.0. The summed E-state index contributed by atoms with van der Waals surface area (Å²) in [6.45, 7) is 1.76. The predicted molar refractivity (Wildman–Crippen MR) is 78.1 cm³/mol. The first-order valence-electron chi connectivity index (χ1n) is 6.48. The van der Waals surface area contributed by atoms with E-state index in [0.29, 0.717) is 5.69 Å². The van der Waals surface area contributed by atoms with Gasteiger partial charge < -0.3 is 9.52 Å². The topological polar surface area (TPSA) is 97.9 Å². The van der Waals surface area contributed by atoms with E-state index in [2.05, 4.69) is 19.6 Å². The van der Waals surface area contributed by atoms with Gasteiger partial charge >= 0.3 is 5.95 Å². The van der Waals surface area contributed by atoms with Crippen LogP contribution in [-0.4, -0.2) is 19.5 Å². The fourth-order valence-electron chi connectivity index (χ4n) is 2.07. The van der Waals surface area contributed by atoms with Crippen molar-refractivity contribution in [3.05, 3.63) is 52.8 Å². The van der Waals surface area contributed by atoms with Gasteiger partial charge in [-0.3, -0.25) is 9.48 Å². The maximum atomic E-state index is 12.5. The number of benzene rings is 1. The highest BCUT2D eigenvalue weighted by atomic mass is 16.5. The van der Waals surface area contributed by atoms with Crippen LogP contribution >= 0.6 is 0 Å². The van der Waals surface area contributed by atoms with Crippen molar-refractivity contribution in [2.75, 3.05) is 0 Å². The van der Waals surface area contributed by atoms with Gasteiger partial charge in [0.25, 0.3) is 11.4 Å². The highest BCUT2D eigenvalue weighted by molar-refractivity contribution is 5.45. The maximum absolute atomic E-state index is 12.5. The third kappa shape index (κ3) is 2.20. The van der Waals surface area contributed by atoms with E-state index in [4.69, 9.17) is 0 Å². The Morgan fingerprint density at radius 3 is 2.59 bits per heavy atom. The highest BCUT2D eigenvalue weighted by Crippen LogP contribution is 2.26. The molecule has 0 spiro atoms. The van der Waals surface area contributed by atoms with Gasteiger partial charge in [-0.1, -0.05) is 18.2 Å². The van der Waals surface area contributed by atoms with Crippen LogP contribution < -0.4 is 5.56 Å². The molecule has 2 aromatic heterocycles. The summed E-state index contributed by atoms with van der Waals surface area (Å²) >= 11 is 0. The Balaban J connectivity index is 2.09. The van der Waals surface area contributed by atoms with E-state index in [-0.39, 0.29) is 17.1 Å². The number of oxazole rings is 1. The molecule has 3 aromatic rings. The zero-order chi connectivity index (χ0) is 15.7. The molecule has 1 aromatic carbocycles. The smallest absolute Gasteiger partial charge is 0.332 e. The minimum absolute atomic E-state index is 0.0751. The molecule has 0 aliphatic carbocycles. The molecule has 22 heavy (non-hydrogen) atoms. The van der Waals surface area contributed by atoms with E-state index >= 15 is 0 Å². The van der Waals surface area contributed by atoms with Crippen LogP contribution in [0.25, 0.3) is 5.69 Å². The Labute approximate surface area is 125 Å². The normalized spacial score (nSPS) is 11.4. The number of rotatable bonds is 3. The van der Waals surface area contributed by atoms with Crippen molar-refractivity contribution < 1.29 is 9.52 Å². The lowest BCUT2D eigenvalue weighted by atomic mass is 10.3. The Bertz CT molecular complexity index is 889. The molecule has 8 heteroatoms. The molecule has 0 fully saturated rings. The van der Waals surface area contributed by atoms with Gasteiger partial charge in [-0.2, -0.15) is 4.98 Å². The Kier molecular flexibility index (Phi) is 3.34. The molecule has 0 radical (unpaired) electrons. The van der Waals surface area contributed by atoms with Gasteiger partial charge in [0.15, 0.2) is 12.1 Å². The minimum Gasteiger partial charge on any atom is -0.478 e. The van der Waals surface area contributed by atoms with E-state index in [1.807, 2.05) is 30.3 Å². The van der Waals surface area contributed by atoms with Crippen LogP contribution in [0.1, 0.15) is 5.69 Å². The fourth-order valence-corrected chi connectivity index (χ4v) is 2.07. The second-order valence-corrected chi connectivity index (χ2v) is 4.59. The largest absolute Gasteiger partial charge is 0.478 e. The number of hydrogen-bond donors (Lipinski definition) is 1. The van der Waals surface area contributed by atoms with Crippen LogP contribution in [0.4, 0.5) is 11.5 Å². The van der Waals surface area contributed by atoms with Crippen LogP contribution in [0.3, 0.4) is 0 Å². The summed E-state index contributed by atoms with van der Waals surface area (Å²) in [7, 11) is 1.76. The number of hydrogen-bond acceptors (Lipinski definition) is 6. The first kappa shape index (κ1) is 13.8. The standard InChI is InChI=1S/C14H13N5O3/c1-9-11(16-17-12-14(21)22-8-15-12)13(20)19(18(9)2)10-6-4-3-5-7-10/h3-8,21H,1-2H3. The molecular weight excluding hydrogens is 286 g/mol. The van der Waals surface area contributed by atoms with Crippen molar-refractivity contribution in [1.29, 1.82) is 0 Å². The molecule has 0 aliphatic rings. The van der Waals surface area contributed by atoms with Gasteiger partial charge in [0.1, 0.15) is 0 Å². The number of aromatic nitrogens is 3. The summed E-state index contributed by atoms with van der Waals surface area (Å²) in [5.74, 6) is -0.519. The number of azo groups is 1. The van der Waals surface area contributed by atoms with Gasteiger partial charge in [-0.15, -0.1) is 10.2 Å². The molecule has 0 saturated carbocycles. The van der Waals surface area contributed by atoms with Crippen molar-refractivity contribution in [1.82, 2.24) is 14.3 Å². The lowest BCUT2D eigenvalue weighted by Crippen LogP contribution is -2.19. The molecule has 112 valence electrons. The van der Waals surface area contributed by atoms with Gasteiger partial charge in [0, 0.05) is 7.05 Å². The quantitative estimate of drug-likeness (QED) is 0.751. The summed E-state index contributed by atoms with van der Waals surface area (Å²) in [4.78, 5) is 16.2. The van der Waals surface area contributed by atoms with Gasteiger partial charge in [0.05, 0.1) is 11.4 Å². The molecule has 2 heterocycles. The molecule has 1 N–H and O–H groups in total. The average Bonchev–Trinajstić information content (AvgIpc) is 3.01. The van der Waals surface area contributed by atoms with Crippen molar-refractivity contribution in [2.45, 2.75) is 6.92 Å². The first-order valence-corrected chi connectivity index (χ1v) is 6.48. The van der Waals surface area contributed by atoms with Crippen LogP contribution in [0, 0.1) is 6.92 Å². The fraction of sp³-hybridized carbons (Fsp3) is 0.143. The van der Waals surface area contributed by atoms with Crippen molar-refractivity contribution in [2.24, 2.45) is 17.3 Å². The van der Waals surface area contributed by atoms with Crippen molar-refractivity contribution in [3.8, 4) is 11.6 Å². The van der Waals surface area contributed by atoms with Gasteiger partial charge in [0.2, 0.25) is 0 Å². The second kappa shape index (κ2) is 5.32. The summed E-state index contributed by atoms with van der Waals surface area (Å²) in [5.41, 5.74) is 1.23. The molecule has 0 aliphatic heterocycles. The van der Waals surface area contributed by atoms with E-state index in [1.54, 1.807) is 18.7 Å². The van der Waals surface area contributed by atoms with E-state index < -0.39 is 5.95 Å². The third-order valence-corrected chi connectivity index (χ3v) is 3.30. The summed E-state index contributed by atoms with van der Waals surface area (Å²) in [6, 6.07) is 9.21. The SMILES string of the molecule is Cc1c(N=Nc2ncoc2O)c(=O)n(-c2ccccc2)n1C. The molecule has 0 saturated heterocycles. The molecular formula is C14H13N5O3. The van der Waals surface area contributed by atoms with Gasteiger partial charge in [-0.25, -0.2) is 4.68 Å². The van der Waals surface area contributed by atoms with E-state index in [1.165, 1.54) is 4.68 Å². The zero-order valence-corrected chi connectivity index (χ0v) is 12.0. The van der Waals surface area contributed by atoms with Gasteiger partial charge in [-0.05, 0) is 19.1 Å². The Morgan fingerprint density at radius 1 is 1.23 bits per heavy atom. The molecule has 3 rings (SSSR count). The molecule has 0 unspecified atom stereocenters. The first-order chi connectivity index (χ1) is 10.6. The Morgan fingerprint density at radius 2 is 1.95 bits per heavy atom. The molecule has 0 bridgehead atoms. The molecule has 0 amide bonds. The van der Waals surface area contributed by atoms with Crippen molar-refractivity contribution >= 4 is 11.5 Å².